The molecular weight excluding hydrogens is 248 g/mol. The normalized spacial score (nSPS) is 12.4. The van der Waals surface area contributed by atoms with Crippen LogP contribution in [0.15, 0.2) is 30.8 Å². The molecule has 2 heteroatoms. The van der Waals surface area contributed by atoms with E-state index in [9.17, 15) is 0 Å². The van der Waals surface area contributed by atoms with E-state index < -0.39 is 0 Å². The monoisotopic (exact) mass is 276 g/mol. The van der Waals surface area contributed by atoms with Crippen LogP contribution < -0.4 is 4.74 Å². The van der Waals surface area contributed by atoms with Gasteiger partial charge in [0.25, 0.3) is 0 Å². The molecular formula is C18H28O2. The van der Waals surface area contributed by atoms with Crippen molar-refractivity contribution in [2.45, 2.75) is 52.7 Å². The molecule has 0 aromatic heterocycles. The molecule has 0 aliphatic carbocycles. The Morgan fingerprint density at radius 2 is 1.80 bits per heavy atom. The summed E-state index contributed by atoms with van der Waals surface area (Å²) in [5.74, 6) is 1.18. The maximum absolute atomic E-state index is 5.93. The number of rotatable bonds is 10. The van der Waals surface area contributed by atoms with Gasteiger partial charge in [-0.2, -0.15) is 0 Å². The predicted molar refractivity (Wildman–Crippen MR) is 85.9 cm³/mol. The first-order chi connectivity index (χ1) is 9.67. The maximum Gasteiger partial charge on any atom is 0.202 e. The van der Waals surface area contributed by atoms with Crippen molar-refractivity contribution in [1.29, 1.82) is 0 Å². The highest BCUT2D eigenvalue weighted by atomic mass is 16.7. The highest BCUT2D eigenvalue weighted by Crippen LogP contribution is 2.18. The molecule has 1 aromatic carbocycles. The SMILES string of the molecule is C=Cc1ccc(OC(OCCCCCC)C(C)C)cc1. The Morgan fingerprint density at radius 3 is 2.35 bits per heavy atom. The van der Waals surface area contributed by atoms with Gasteiger partial charge in [-0.3, -0.25) is 0 Å². The van der Waals surface area contributed by atoms with Gasteiger partial charge in [-0.25, -0.2) is 0 Å². The van der Waals surface area contributed by atoms with Gasteiger partial charge in [0.1, 0.15) is 5.75 Å². The van der Waals surface area contributed by atoms with Gasteiger partial charge in [0.05, 0.1) is 6.61 Å². The molecule has 0 fully saturated rings. The molecule has 0 aliphatic rings. The van der Waals surface area contributed by atoms with Crippen molar-refractivity contribution < 1.29 is 9.47 Å². The third-order valence-electron chi connectivity index (χ3n) is 3.19. The second-order valence-corrected chi connectivity index (χ2v) is 5.43. The first kappa shape index (κ1) is 16.8. The highest BCUT2D eigenvalue weighted by Gasteiger charge is 2.15. The van der Waals surface area contributed by atoms with E-state index in [1.807, 2.05) is 30.3 Å². The van der Waals surface area contributed by atoms with Gasteiger partial charge in [-0.1, -0.05) is 64.8 Å². The molecule has 1 rings (SSSR count). The molecule has 0 N–H and O–H groups in total. The molecule has 0 saturated heterocycles. The average Bonchev–Trinajstić information content (AvgIpc) is 2.46. The zero-order valence-electron chi connectivity index (χ0n) is 13.1. The van der Waals surface area contributed by atoms with E-state index in [-0.39, 0.29) is 6.29 Å². The topological polar surface area (TPSA) is 18.5 Å². The Hall–Kier alpha value is -1.28. The van der Waals surface area contributed by atoms with E-state index in [4.69, 9.17) is 9.47 Å². The Balaban J connectivity index is 2.43. The summed E-state index contributed by atoms with van der Waals surface area (Å²) >= 11 is 0. The number of hydrogen-bond acceptors (Lipinski definition) is 2. The number of ether oxygens (including phenoxy) is 2. The van der Waals surface area contributed by atoms with Crippen LogP contribution in [0.3, 0.4) is 0 Å². The van der Waals surface area contributed by atoms with Gasteiger partial charge in [0, 0.05) is 5.92 Å². The van der Waals surface area contributed by atoms with Crippen LogP contribution in [0.25, 0.3) is 6.08 Å². The van der Waals surface area contributed by atoms with Crippen LogP contribution in [0.1, 0.15) is 52.0 Å². The van der Waals surface area contributed by atoms with Crippen molar-refractivity contribution in [2.24, 2.45) is 5.92 Å². The lowest BCUT2D eigenvalue weighted by molar-refractivity contribution is -0.108. The molecule has 0 aliphatic heterocycles. The van der Waals surface area contributed by atoms with Gasteiger partial charge in [0.15, 0.2) is 0 Å². The van der Waals surface area contributed by atoms with Crippen molar-refractivity contribution in [1.82, 2.24) is 0 Å². The zero-order chi connectivity index (χ0) is 14.8. The van der Waals surface area contributed by atoms with Crippen LogP contribution in [-0.4, -0.2) is 12.9 Å². The van der Waals surface area contributed by atoms with Crippen LogP contribution in [-0.2, 0) is 4.74 Å². The van der Waals surface area contributed by atoms with E-state index >= 15 is 0 Å². The fraction of sp³-hybridized carbons (Fsp3) is 0.556. The van der Waals surface area contributed by atoms with Crippen LogP contribution in [0.4, 0.5) is 0 Å². The second-order valence-electron chi connectivity index (χ2n) is 5.43. The van der Waals surface area contributed by atoms with E-state index in [1.54, 1.807) is 0 Å². The maximum atomic E-state index is 5.93. The summed E-state index contributed by atoms with van der Waals surface area (Å²) in [6, 6.07) is 7.93. The fourth-order valence-corrected chi connectivity index (χ4v) is 1.91. The minimum atomic E-state index is -0.175. The molecule has 0 heterocycles. The van der Waals surface area contributed by atoms with E-state index in [0.29, 0.717) is 5.92 Å². The standard InChI is InChI=1S/C18H28O2/c1-5-7-8-9-14-19-18(15(3)4)20-17-12-10-16(6-2)11-13-17/h6,10-13,15,18H,2,5,7-9,14H2,1,3-4H3. The molecule has 0 spiro atoms. The molecule has 1 aromatic rings. The molecule has 20 heavy (non-hydrogen) atoms. The fourth-order valence-electron chi connectivity index (χ4n) is 1.91. The second kappa shape index (κ2) is 9.60. The van der Waals surface area contributed by atoms with E-state index in [2.05, 4.69) is 27.4 Å². The van der Waals surface area contributed by atoms with Crippen LogP contribution >= 0.6 is 0 Å². The zero-order valence-corrected chi connectivity index (χ0v) is 13.1. The summed E-state index contributed by atoms with van der Waals surface area (Å²) in [6.45, 7) is 11.0. The molecule has 112 valence electrons. The minimum Gasteiger partial charge on any atom is -0.465 e. The van der Waals surface area contributed by atoms with Crippen molar-refractivity contribution in [2.75, 3.05) is 6.61 Å². The largest absolute Gasteiger partial charge is 0.465 e. The Morgan fingerprint density at radius 1 is 1.10 bits per heavy atom. The molecule has 0 bridgehead atoms. The van der Waals surface area contributed by atoms with Crippen molar-refractivity contribution >= 4 is 6.08 Å². The molecule has 0 radical (unpaired) electrons. The Labute approximate surface area is 123 Å². The smallest absolute Gasteiger partial charge is 0.202 e. The Kier molecular flexibility index (Phi) is 8.05. The quantitative estimate of drug-likeness (QED) is 0.427. The molecule has 1 atom stereocenters. The van der Waals surface area contributed by atoms with Crippen LogP contribution in [0.5, 0.6) is 5.75 Å². The summed E-state index contributed by atoms with van der Waals surface area (Å²) < 4.78 is 11.8. The molecule has 0 saturated carbocycles. The van der Waals surface area contributed by atoms with Crippen molar-refractivity contribution in [3.05, 3.63) is 36.4 Å². The van der Waals surface area contributed by atoms with E-state index in [1.165, 1.54) is 19.3 Å². The lowest BCUT2D eigenvalue weighted by Gasteiger charge is -2.23. The molecule has 2 nitrogen and oxygen atoms in total. The first-order valence-corrected chi connectivity index (χ1v) is 7.68. The van der Waals surface area contributed by atoms with Gasteiger partial charge in [-0.05, 0) is 24.1 Å². The number of hydrogen-bond donors (Lipinski definition) is 0. The summed E-state index contributed by atoms with van der Waals surface area (Å²) in [5.41, 5.74) is 1.10. The minimum absolute atomic E-state index is 0.175. The molecule has 0 amide bonds. The third-order valence-corrected chi connectivity index (χ3v) is 3.19. The van der Waals surface area contributed by atoms with Crippen molar-refractivity contribution in [3.8, 4) is 5.75 Å². The average molecular weight is 276 g/mol. The number of unbranched alkanes of at least 4 members (excludes halogenated alkanes) is 3. The predicted octanol–water partition coefficient (Wildman–Crippen LogP) is 5.29. The summed E-state index contributed by atoms with van der Waals surface area (Å²) in [7, 11) is 0. The highest BCUT2D eigenvalue weighted by molar-refractivity contribution is 5.48. The van der Waals surface area contributed by atoms with Crippen LogP contribution in [0, 0.1) is 5.92 Å². The van der Waals surface area contributed by atoms with Gasteiger partial charge in [-0.15, -0.1) is 0 Å². The van der Waals surface area contributed by atoms with Crippen LogP contribution in [0.2, 0.25) is 0 Å². The number of benzene rings is 1. The summed E-state index contributed by atoms with van der Waals surface area (Å²) in [6.07, 6.45) is 6.52. The van der Waals surface area contributed by atoms with Crippen molar-refractivity contribution in [3.63, 3.8) is 0 Å². The van der Waals surface area contributed by atoms with Gasteiger partial charge >= 0.3 is 0 Å². The lowest BCUT2D eigenvalue weighted by Crippen LogP contribution is -2.27. The van der Waals surface area contributed by atoms with E-state index in [0.717, 1.165) is 24.3 Å². The lowest BCUT2D eigenvalue weighted by atomic mass is 10.2. The van der Waals surface area contributed by atoms with Gasteiger partial charge in [0.2, 0.25) is 6.29 Å². The summed E-state index contributed by atoms with van der Waals surface area (Å²) in [5, 5.41) is 0. The first-order valence-electron chi connectivity index (χ1n) is 7.68. The Bertz CT molecular complexity index is 368. The third kappa shape index (κ3) is 6.25. The molecule has 1 unspecified atom stereocenters. The van der Waals surface area contributed by atoms with Gasteiger partial charge < -0.3 is 9.47 Å². The summed E-state index contributed by atoms with van der Waals surface area (Å²) in [4.78, 5) is 0.